The highest BCUT2D eigenvalue weighted by Gasteiger charge is 2.35. The third kappa shape index (κ3) is 3.63. The van der Waals surface area contributed by atoms with Gasteiger partial charge in [-0.25, -0.2) is 13.2 Å². The Balaban J connectivity index is 1.54. The van der Waals surface area contributed by atoms with Crippen molar-refractivity contribution < 1.29 is 27.5 Å². The van der Waals surface area contributed by atoms with Crippen molar-refractivity contribution in [3.8, 4) is 0 Å². The largest absolute Gasteiger partial charge is 0.452 e. The number of nitrogens with zero attached hydrogens (tertiary/aromatic N) is 1. The van der Waals surface area contributed by atoms with Crippen LogP contribution in [0.5, 0.6) is 0 Å². The zero-order valence-electron chi connectivity index (χ0n) is 16.3. The molecule has 2 heterocycles. The lowest BCUT2D eigenvalue weighted by Crippen LogP contribution is -2.35. The van der Waals surface area contributed by atoms with Crippen LogP contribution in [0.25, 0.3) is 0 Å². The quantitative estimate of drug-likeness (QED) is 0.596. The molecule has 0 aliphatic carbocycles. The fraction of sp³-hybridized carbons (Fsp3) is 0.318. The lowest BCUT2D eigenvalue weighted by Gasteiger charge is -2.20. The van der Waals surface area contributed by atoms with Gasteiger partial charge in [0.2, 0.25) is 9.84 Å². The van der Waals surface area contributed by atoms with Gasteiger partial charge in [-0.1, -0.05) is 25.0 Å². The zero-order chi connectivity index (χ0) is 21.3. The molecule has 1 saturated heterocycles. The Morgan fingerprint density at radius 1 is 0.900 bits per heavy atom. The number of ketones is 1. The molecule has 7 nitrogen and oxygen atoms in total. The molecule has 8 heteroatoms. The molecule has 0 atom stereocenters. The van der Waals surface area contributed by atoms with Crippen LogP contribution in [-0.4, -0.2) is 50.7 Å². The van der Waals surface area contributed by atoms with E-state index in [1.807, 2.05) is 0 Å². The first-order valence-corrected chi connectivity index (χ1v) is 11.4. The molecule has 0 unspecified atom stereocenters. The van der Waals surface area contributed by atoms with E-state index in [0.29, 0.717) is 13.1 Å². The van der Waals surface area contributed by atoms with E-state index in [-0.39, 0.29) is 32.4 Å². The molecule has 2 aliphatic heterocycles. The Kier molecular flexibility index (Phi) is 5.42. The Hall–Kier alpha value is -3.00. The van der Waals surface area contributed by atoms with Crippen LogP contribution in [0.1, 0.15) is 52.0 Å². The zero-order valence-corrected chi connectivity index (χ0v) is 17.1. The highest BCUT2D eigenvalue weighted by atomic mass is 32.2. The van der Waals surface area contributed by atoms with E-state index in [9.17, 15) is 22.8 Å². The molecule has 4 rings (SSSR count). The summed E-state index contributed by atoms with van der Waals surface area (Å²) in [5.41, 5.74) is 0.113. The molecule has 2 aromatic rings. The van der Waals surface area contributed by atoms with Crippen molar-refractivity contribution in [3.63, 3.8) is 0 Å². The molecule has 1 amide bonds. The number of carbonyl (C=O) groups is 3. The molecule has 0 radical (unpaired) electrons. The summed E-state index contributed by atoms with van der Waals surface area (Å²) in [6.45, 7) is 0.897. The van der Waals surface area contributed by atoms with Crippen LogP contribution in [0.4, 0.5) is 0 Å². The second-order valence-corrected chi connectivity index (χ2v) is 9.30. The van der Waals surface area contributed by atoms with Crippen molar-refractivity contribution in [2.75, 3.05) is 19.7 Å². The maximum absolute atomic E-state index is 13.0. The van der Waals surface area contributed by atoms with Gasteiger partial charge in [0.25, 0.3) is 5.91 Å². The predicted octanol–water partition coefficient (Wildman–Crippen LogP) is 2.62. The maximum Gasteiger partial charge on any atom is 0.338 e. The average molecular weight is 427 g/mol. The van der Waals surface area contributed by atoms with E-state index in [1.54, 1.807) is 17.0 Å². The number of amides is 1. The number of esters is 1. The molecular weight excluding hydrogens is 406 g/mol. The van der Waals surface area contributed by atoms with Crippen LogP contribution >= 0.6 is 0 Å². The van der Waals surface area contributed by atoms with Gasteiger partial charge in [0.05, 0.1) is 15.4 Å². The van der Waals surface area contributed by atoms with Crippen LogP contribution in [0.2, 0.25) is 0 Å². The fourth-order valence-corrected chi connectivity index (χ4v) is 5.51. The maximum atomic E-state index is 13.0. The van der Waals surface area contributed by atoms with Gasteiger partial charge in [-0.05, 0) is 43.2 Å². The normalized spacial score (nSPS) is 17.5. The van der Waals surface area contributed by atoms with Gasteiger partial charge in [-0.2, -0.15) is 0 Å². The highest BCUT2D eigenvalue weighted by Crippen LogP contribution is 2.34. The van der Waals surface area contributed by atoms with Gasteiger partial charge in [0.1, 0.15) is 0 Å². The van der Waals surface area contributed by atoms with Gasteiger partial charge in [0, 0.05) is 24.2 Å². The molecule has 2 aliphatic rings. The monoisotopic (exact) mass is 427 g/mol. The lowest BCUT2D eigenvalue weighted by molar-refractivity contribution is -0.134. The molecule has 0 spiro atoms. The van der Waals surface area contributed by atoms with E-state index in [2.05, 4.69) is 0 Å². The first-order valence-electron chi connectivity index (χ1n) is 9.87. The molecule has 0 saturated carbocycles. The van der Waals surface area contributed by atoms with Crippen LogP contribution in [0, 0.1) is 0 Å². The van der Waals surface area contributed by atoms with E-state index in [4.69, 9.17) is 4.74 Å². The number of benzene rings is 2. The number of carbonyl (C=O) groups excluding carboxylic acids is 3. The third-order valence-electron chi connectivity index (χ3n) is 5.46. The van der Waals surface area contributed by atoms with Gasteiger partial charge in [-0.3, -0.25) is 9.59 Å². The standard InChI is InChI=1S/C22H21NO6S/c24-20(23-11-5-1-2-6-12-23)14-29-22(26)15-9-10-17-19(13-15)30(27,28)18-8-4-3-7-16(18)21(17)25/h3-4,7-10,13H,1-2,5-6,11-12,14H2. The minimum atomic E-state index is -3.95. The number of sulfone groups is 1. The fourth-order valence-electron chi connectivity index (χ4n) is 3.83. The molecule has 30 heavy (non-hydrogen) atoms. The van der Waals surface area contributed by atoms with Gasteiger partial charge in [0.15, 0.2) is 12.4 Å². The first-order chi connectivity index (χ1) is 14.4. The summed E-state index contributed by atoms with van der Waals surface area (Å²) in [5, 5.41) is 0. The van der Waals surface area contributed by atoms with Crippen molar-refractivity contribution in [2.24, 2.45) is 0 Å². The molecule has 0 bridgehead atoms. The molecular formula is C22H21NO6S. The number of hydrogen-bond donors (Lipinski definition) is 0. The smallest absolute Gasteiger partial charge is 0.338 e. The number of likely N-dealkylation sites (tertiary alicyclic amines) is 1. The van der Waals surface area contributed by atoms with Crippen molar-refractivity contribution in [3.05, 3.63) is 59.2 Å². The number of hydrogen-bond acceptors (Lipinski definition) is 6. The lowest BCUT2D eigenvalue weighted by atomic mass is 10.0. The summed E-state index contributed by atoms with van der Waals surface area (Å²) in [6.07, 6.45) is 4.01. The molecule has 156 valence electrons. The Bertz CT molecular complexity index is 1130. The molecule has 0 aromatic heterocycles. The Morgan fingerprint density at radius 2 is 1.57 bits per heavy atom. The number of fused-ring (bicyclic) bond motifs is 2. The van der Waals surface area contributed by atoms with Crippen LogP contribution < -0.4 is 0 Å². The Labute approximate surface area is 174 Å². The van der Waals surface area contributed by atoms with Crippen LogP contribution in [0.15, 0.2) is 52.3 Å². The number of ether oxygens (including phenoxy) is 1. The summed E-state index contributed by atoms with van der Waals surface area (Å²) < 4.78 is 31.0. The van der Waals surface area contributed by atoms with Crippen LogP contribution in [0.3, 0.4) is 0 Å². The van der Waals surface area contributed by atoms with Crippen molar-refractivity contribution in [1.29, 1.82) is 0 Å². The minimum Gasteiger partial charge on any atom is -0.452 e. The minimum absolute atomic E-state index is 0.0193. The number of rotatable bonds is 3. The van der Waals surface area contributed by atoms with E-state index >= 15 is 0 Å². The van der Waals surface area contributed by atoms with Gasteiger partial charge in [-0.15, -0.1) is 0 Å². The SMILES string of the molecule is O=C(OCC(=O)N1CCCCCC1)c1ccc2c(c1)S(=O)(=O)c1ccccc1C2=O. The average Bonchev–Trinajstić information content (AvgIpc) is 3.05. The first kappa shape index (κ1) is 20.3. The summed E-state index contributed by atoms with van der Waals surface area (Å²) in [7, 11) is -3.95. The van der Waals surface area contributed by atoms with Crippen molar-refractivity contribution in [1.82, 2.24) is 4.90 Å². The summed E-state index contributed by atoms with van der Waals surface area (Å²) in [6, 6.07) is 9.80. The summed E-state index contributed by atoms with van der Waals surface area (Å²) >= 11 is 0. The molecule has 1 fully saturated rings. The van der Waals surface area contributed by atoms with Gasteiger partial charge >= 0.3 is 5.97 Å². The van der Waals surface area contributed by atoms with Crippen LogP contribution in [-0.2, 0) is 19.4 Å². The Morgan fingerprint density at radius 3 is 2.30 bits per heavy atom. The summed E-state index contributed by atoms with van der Waals surface area (Å²) in [4.78, 5) is 38.8. The topological polar surface area (TPSA) is 97.8 Å². The van der Waals surface area contributed by atoms with Crippen molar-refractivity contribution in [2.45, 2.75) is 35.5 Å². The van der Waals surface area contributed by atoms with Gasteiger partial charge < -0.3 is 9.64 Å². The second-order valence-electron chi connectivity index (χ2n) is 7.41. The van der Waals surface area contributed by atoms with E-state index in [0.717, 1.165) is 31.7 Å². The molecule has 2 aromatic carbocycles. The molecule has 0 N–H and O–H groups in total. The summed E-state index contributed by atoms with van der Waals surface area (Å²) in [5.74, 6) is -1.48. The second kappa shape index (κ2) is 8.02. The van der Waals surface area contributed by atoms with E-state index < -0.39 is 28.2 Å². The predicted molar refractivity (Wildman–Crippen MR) is 107 cm³/mol. The van der Waals surface area contributed by atoms with E-state index in [1.165, 1.54) is 24.3 Å². The third-order valence-corrected chi connectivity index (χ3v) is 7.31. The highest BCUT2D eigenvalue weighted by molar-refractivity contribution is 7.91. The van der Waals surface area contributed by atoms with Crippen molar-refractivity contribution >= 4 is 27.5 Å².